The fourth-order valence-corrected chi connectivity index (χ4v) is 1.89. The van der Waals surface area contributed by atoms with Crippen LogP contribution in [0.5, 0.6) is 0 Å². The molecule has 2 aromatic carbocycles. The highest BCUT2D eigenvalue weighted by molar-refractivity contribution is 5.48. The molecule has 2 nitrogen and oxygen atoms in total. The Labute approximate surface area is 107 Å². The summed E-state index contributed by atoms with van der Waals surface area (Å²) in [5.41, 5.74) is 8.71. The van der Waals surface area contributed by atoms with Crippen molar-refractivity contribution in [2.75, 3.05) is 24.2 Å². The first-order chi connectivity index (χ1) is 8.66. The molecule has 0 saturated heterocycles. The van der Waals surface area contributed by atoms with E-state index >= 15 is 0 Å². The van der Waals surface area contributed by atoms with Gasteiger partial charge in [0, 0.05) is 25.0 Å². The van der Waals surface area contributed by atoms with Crippen LogP contribution in [0.1, 0.15) is 5.56 Å². The molecule has 0 aliphatic rings. The van der Waals surface area contributed by atoms with Crippen LogP contribution in [-0.4, -0.2) is 13.6 Å². The highest BCUT2D eigenvalue weighted by atomic mass is 19.1. The average Bonchev–Trinajstić information content (AvgIpc) is 2.37. The number of hydrogen-bond donors (Lipinski definition) is 1. The van der Waals surface area contributed by atoms with Gasteiger partial charge in [-0.1, -0.05) is 24.3 Å². The van der Waals surface area contributed by atoms with E-state index in [0.29, 0.717) is 0 Å². The maximum atomic E-state index is 13.1. The van der Waals surface area contributed by atoms with Crippen LogP contribution in [0.15, 0.2) is 48.5 Å². The van der Waals surface area contributed by atoms with Gasteiger partial charge in [-0.2, -0.15) is 0 Å². The van der Waals surface area contributed by atoms with Crippen molar-refractivity contribution in [3.8, 4) is 0 Å². The van der Waals surface area contributed by atoms with Crippen molar-refractivity contribution in [2.24, 2.45) is 0 Å². The molecule has 0 spiro atoms. The van der Waals surface area contributed by atoms with Gasteiger partial charge in [0.25, 0.3) is 0 Å². The predicted octanol–water partition coefficient (Wildman–Crippen LogP) is 3.09. The van der Waals surface area contributed by atoms with Crippen LogP contribution in [0.4, 0.5) is 15.8 Å². The molecule has 2 rings (SSSR count). The van der Waals surface area contributed by atoms with Crippen molar-refractivity contribution < 1.29 is 4.39 Å². The first kappa shape index (κ1) is 12.4. The summed E-state index contributed by atoms with van der Waals surface area (Å²) in [6.45, 7) is 0.803. The van der Waals surface area contributed by atoms with Crippen LogP contribution in [0.2, 0.25) is 0 Å². The number of hydrogen-bond acceptors (Lipinski definition) is 2. The number of benzene rings is 2. The number of likely N-dealkylation sites (N-methyl/N-ethyl adjacent to an activating group) is 1. The molecule has 0 aromatic heterocycles. The fraction of sp³-hybridized carbons (Fsp3) is 0.200. The lowest BCUT2D eigenvalue weighted by Gasteiger charge is -2.19. The van der Waals surface area contributed by atoms with Crippen molar-refractivity contribution in [1.82, 2.24) is 0 Å². The van der Waals surface area contributed by atoms with E-state index in [9.17, 15) is 4.39 Å². The molecule has 3 heteroatoms. The molecule has 0 aliphatic heterocycles. The van der Waals surface area contributed by atoms with Crippen LogP contribution in [-0.2, 0) is 6.42 Å². The van der Waals surface area contributed by atoms with Crippen molar-refractivity contribution >= 4 is 11.4 Å². The first-order valence-electron chi connectivity index (χ1n) is 5.97. The van der Waals surface area contributed by atoms with Crippen LogP contribution >= 0.6 is 0 Å². The Balaban J connectivity index is 2.00. The molecule has 0 unspecified atom stereocenters. The van der Waals surface area contributed by atoms with Crippen molar-refractivity contribution in [3.63, 3.8) is 0 Å². The number of halogens is 1. The Hall–Kier alpha value is -2.03. The Morgan fingerprint density at radius 3 is 2.61 bits per heavy atom. The molecular weight excluding hydrogens is 227 g/mol. The maximum absolute atomic E-state index is 13.1. The number of para-hydroxylation sites is 1. The number of rotatable bonds is 4. The van der Waals surface area contributed by atoms with E-state index in [4.69, 9.17) is 5.73 Å². The van der Waals surface area contributed by atoms with E-state index in [2.05, 4.69) is 0 Å². The molecule has 0 fully saturated rings. The Morgan fingerprint density at radius 2 is 1.89 bits per heavy atom. The lowest BCUT2D eigenvalue weighted by atomic mass is 10.1. The van der Waals surface area contributed by atoms with E-state index < -0.39 is 0 Å². The predicted molar refractivity (Wildman–Crippen MR) is 74.2 cm³/mol. The van der Waals surface area contributed by atoms with Gasteiger partial charge in [0.15, 0.2) is 0 Å². The molecule has 0 amide bonds. The molecule has 0 radical (unpaired) electrons. The fourth-order valence-electron chi connectivity index (χ4n) is 1.89. The van der Waals surface area contributed by atoms with Crippen LogP contribution in [0.25, 0.3) is 0 Å². The molecule has 0 heterocycles. The molecule has 0 saturated carbocycles. The van der Waals surface area contributed by atoms with Gasteiger partial charge in [-0.05, 0) is 36.2 Å². The van der Waals surface area contributed by atoms with Crippen molar-refractivity contribution in [1.29, 1.82) is 0 Å². The second kappa shape index (κ2) is 5.54. The minimum atomic E-state index is -0.210. The van der Waals surface area contributed by atoms with Gasteiger partial charge in [0.1, 0.15) is 5.82 Å². The van der Waals surface area contributed by atoms with Crippen LogP contribution < -0.4 is 10.6 Å². The highest BCUT2D eigenvalue weighted by Gasteiger charge is 2.04. The molecule has 2 N–H and O–H groups in total. The summed E-state index contributed by atoms with van der Waals surface area (Å²) in [7, 11) is 1.95. The number of nitrogen functional groups attached to an aromatic ring is 1. The molecular formula is C15H17FN2. The number of anilines is 2. The number of nitrogens with zero attached hydrogens (tertiary/aromatic N) is 1. The van der Waals surface area contributed by atoms with Crippen molar-refractivity contribution in [2.45, 2.75) is 6.42 Å². The summed E-state index contributed by atoms with van der Waals surface area (Å²) >= 11 is 0. The summed E-state index contributed by atoms with van der Waals surface area (Å²) in [4.78, 5) is 2.02. The molecule has 94 valence electrons. The summed E-state index contributed by atoms with van der Waals surface area (Å²) in [5, 5.41) is 0. The van der Waals surface area contributed by atoms with Gasteiger partial charge >= 0.3 is 0 Å². The highest BCUT2D eigenvalue weighted by Crippen LogP contribution is 2.16. The quantitative estimate of drug-likeness (QED) is 0.837. The zero-order valence-corrected chi connectivity index (χ0v) is 10.4. The molecule has 0 aliphatic carbocycles. The van der Waals surface area contributed by atoms with E-state index in [1.807, 2.05) is 42.3 Å². The van der Waals surface area contributed by atoms with Gasteiger partial charge in [0.05, 0.1) is 0 Å². The normalized spacial score (nSPS) is 10.3. The summed E-state index contributed by atoms with van der Waals surface area (Å²) in [5.74, 6) is -0.210. The largest absolute Gasteiger partial charge is 0.399 e. The summed E-state index contributed by atoms with van der Waals surface area (Å²) < 4.78 is 13.1. The molecule has 0 bridgehead atoms. The monoisotopic (exact) mass is 244 g/mol. The van der Waals surface area contributed by atoms with E-state index in [1.54, 1.807) is 6.07 Å². The molecule has 18 heavy (non-hydrogen) atoms. The lowest BCUT2D eigenvalue weighted by molar-refractivity contribution is 0.627. The SMILES string of the molecule is CN(CCc1ccccc1N)c1cccc(F)c1. The second-order valence-corrected chi connectivity index (χ2v) is 4.35. The van der Waals surface area contributed by atoms with E-state index in [1.165, 1.54) is 12.1 Å². The van der Waals surface area contributed by atoms with Gasteiger partial charge in [-0.3, -0.25) is 0 Å². The summed E-state index contributed by atoms with van der Waals surface area (Å²) in [6, 6.07) is 14.4. The van der Waals surface area contributed by atoms with E-state index in [-0.39, 0.29) is 5.82 Å². The van der Waals surface area contributed by atoms with Crippen molar-refractivity contribution in [3.05, 3.63) is 59.9 Å². The average molecular weight is 244 g/mol. The van der Waals surface area contributed by atoms with Gasteiger partial charge in [0.2, 0.25) is 0 Å². The zero-order chi connectivity index (χ0) is 13.0. The molecule has 0 atom stereocenters. The number of nitrogens with two attached hydrogens (primary N) is 1. The zero-order valence-electron chi connectivity index (χ0n) is 10.4. The minimum Gasteiger partial charge on any atom is -0.399 e. The van der Waals surface area contributed by atoms with E-state index in [0.717, 1.165) is 29.9 Å². The first-order valence-corrected chi connectivity index (χ1v) is 5.97. The Morgan fingerprint density at radius 1 is 1.11 bits per heavy atom. The third kappa shape index (κ3) is 3.00. The minimum absolute atomic E-state index is 0.210. The molecule has 2 aromatic rings. The smallest absolute Gasteiger partial charge is 0.125 e. The third-order valence-corrected chi connectivity index (χ3v) is 3.02. The third-order valence-electron chi connectivity index (χ3n) is 3.02. The van der Waals surface area contributed by atoms with Crippen LogP contribution in [0, 0.1) is 5.82 Å². The summed E-state index contributed by atoms with van der Waals surface area (Å²) in [6.07, 6.45) is 0.847. The Kier molecular flexibility index (Phi) is 3.82. The van der Waals surface area contributed by atoms with Gasteiger partial charge in [-0.25, -0.2) is 4.39 Å². The lowest BCUT2D eigenvalue weighted by Crippen LogP contribution is -2.20. The van der Waals surface area contributed by atoms with Gasteiger partial charge < -0.3 is 10.6 Å². The topological polar surface area (TPSA) is 29.3 Å². The van der Waals surface area contributed by atoms with Gasteiger partial charge in [-0.15, -0.1) is 0 Å². The Bertz CT molecular complexity index is 525. The second-order valence-electron chi connectivity index (χ2n) is 4.35. The standard InChI is InChI=1S/C15H17FN2/c1-18(14-7-4-6-13(16)11-14)10-9-12-5-2-3-8-15(12)17/h2-8,11H,9-10,17H2,1H3. The maximum Gasteiger partial charge on any atom is 0.125 e. The van der Waals surface area contributed by atoms with Crippen LogP contribution in [0.3, 0.4) is 0 Å².